The molecule has 0 aliphatic carbocycles. The van der Waals surface area contributed by atoms with Crippen molar-refractivity contribution in [2.75, 3.05) is 6.61 Å². The molecule has 0 bridgehead atoms. The lowest BCUT2D eigenvalue weighted by Gasteiger charge is -2.00. The van der Waals surface area contributed by atoms with E-state index in [1.165, 1.54) is 18.2 Å². The summed E-state index contributed by atoms with van der Waals surface area (Å²) in [5.74, 6) is 0.0558. The van der Waals surface area contributed by atoms with Crippen molar-refractivity contribution in [3.63, 3.8) is 0 Å². The fourth-order valence-electron chi connectivity index (χ4n) is 2.31. The number of esters is 1. The van der Waals surface area contributed by atoms with Crippen LogP contribution in [0.1, 0.15) is 17.7 Å². The second kappa shape index (κ2) is 8.10. The highest BCUT2D eigenvalue weighted by molar-refractivity contribution is 5.86. The summed E-state index contributed by atoms with van der Waals surface area (Å²) < 4.78 is 24.4. The van der Waals surface area contributed by atoms with E-state index in [2.05, 4.69) is 10.2 Å². The van der Waals surface area contributed by atoms with Crippen molar-refractivity contribution in [1.29, 1.82) is 0 Å². The van der Waals surface area contributed by atoms with E-state index < -0.39 is 5.97 Å². The number of furan rings is 1. The maximum absolute atomic E-state index is 13.7. The van der Waals surface area contributed by atoms with Gasteiger partial charge in [0.2, 0.25) is 0 Å². The van der Waals surface area contributed by atoms with E-state index in [0.29, 0.717) is 23.7 Å². The number of ether oxygens (including phenoxy) is 1. The Morgan fingerprint density at radius 1 is 1.28 bits per heavy atom. The molecule has 3 aromatic rings. The molecule has 6 heteroatoms. The van der Waals surface area contributed by atoms with Crippen molar-refractivity contribution < 1.29 is 18.3 Å². The van der Waals surface area contributed by atoms with Gasteiger partial charge in [-0.25, -0.2) is 9.18 Å². The molecule has 3 rings (SSSR count). The third-order valence-electron chi connectivity index (χ3n) is 3.56. The van der Waals surface area contributed by atoms with Gasteiger partial charge in [0.25, 0.3) is 0 Å². The molecule has 0 spiro atoms. The topological polar surface area (TPSA) is 68.1 Å². The molecule has 0 amide bonds. The Morgan fingerprint density at radius 3 is 2.96 bits per heavy atom. The number of aromatic nitrogens is 2. The Labute approximate surface area is 144 Å². The van der Waals surface area contributed by atoms with Crippen LogP contribution in [-0.4, -0.2) is 22.8 Å². The summed E-state index contributed by atoms with van der Waals surface area (Å²) >= 11 is 0. The molecular formula is C19H17FN2O3. The van der Waals surface area contributed by atoms with E-state index in [9.17, 15) is 9.18 Å². The molecule has 0 saturated heterocycles. The largest absolute Gasteiger partial charge is 0.463 e. The predicted molar refractivity (Wildman–Crippen MR) is 91.0 cm³/mol. The lowest BCUT2D eigenvalue weighted by atomic mass is 10.1. The second-order valence-electron chi connectivity index (χ2n) is 5.39. The van der Waals surface area contributed by atoms with Gasteiger partial charge in [-0.2, -0.15) is 5.10 Å². The molecule has 0 fully saturated rings. The van der Waals surface area contributed by atoms with Crippen LogP contribution in [0.15, 0.2) is 59.3 Å². The molecule has 1 aromatic carbocycles. The molecule has 128 valence electrons. The molecule has 25 heavy (non-hydrogen) atoms. The average Bonchev–Trinajstić information content (AvgIpc) is 3.29. The summed E-state index contributed by atoms with van der Waals surface area (Å²) in [7, 11) is 0. The molecule has 0 radical (unpaired) electrons. The summed E-state index contributed by atoms with van der Waals surface area (Å²) in [6, 6.07) is 9.69. The zero-order valence-electron chi connectivity index (χ0n) is 13.4. The molecule has 2 aromatic heterocycles. The first-order chi connectivity index (χ1) is 12.2. The van der Waals surface area contributed by atoms with Crippen LogP contribution in [0, 0.1) is 5.82 Å². The van der Waals surface area contributed by atoms with Gasteiger partial charge in [0.05, 0.1) is 18.4 Å². The third-order valence-corrected chi connectivity index (χ3v) is 3.56. The number of hydrogen-bond acceptors (Lipinski definition) is 4. The van der Waals surface area contributed by atoms with Crippen LogP contribution in [0.4, 0.5) is 4.39 Å². The Morgan fingerprint density at radius 2 is 2.16 bits per heavy atom. The van der Waals surface area contributed by atoms with Gasteiger partial charge in [0, 0.05) is 12.3 Å². The maximum Gasteiger partial charge on any atom is 0.330 e. The molecule has 2 heterocycles. The Kier molecular flexibility index (Phi) is 5.41. The number of nitrogens with one attached hydrogen (secondary N) is 1. The molecule has 0 saturated carbocycles. The number of hydrogen-bond donors (Lipinski definition) is 1. The number of rotatable bonds is 7. The van der Waals surface area contributed by atoms with Crippen LogP contribution in [0.3, 0.4) is 0 Å². The standard InChI is InChI=1S/C19H17FN2O3/c20-17-6-2-1-5-16(17)18-9-7-15(25-18)8-10-19(23)24-11-3-4-14-12-21-22-13-14/h1-2,5-10,12-13H,3-4,11H2,(H,21,22)/b10-8+. The van der Waals surface area contributed by atoms with Crippen molar-refractivity contribution in [1.82, 2.24) is 10.2 Å². The van der Waals surface area contributed by atoms with Crippen LogP contribution in [0.25, 0.3) is 17.4 Å². The van der Waals surface area contributed by atoms with Gasteiger partial charge in [-0.1, -0.05) is 12.1 Å². The summed E-state index contributed by atoms with van der Waals surface area (Å²) in [6.07, 6.45) is 7.86. The third kappa shape index (κ3) is 4.67. The van der Waals surface area contributed by atoms with E-state index in [0.717, 1.165) is 18.4 Å². The first-order valence-electron chi connectivity index (χ1n) is 7.89. The fourth-order valence-corrected chi connectivity index (χ4v) is 2.31. The van der Waals surface area contributed by atoms with E-state index >= 15 is 0 Å². The first-order valence-corrected chi connectivity index (χ1v) is 7.89. The summed E-state index contributed by atoms with van der Waals surface area (Å²) in [5, 5.41) is 6.58. The van der Waals surface area contributed by atoms with E-state index in [1.54, 1.807) is 36.5 Å². The van der Waals surface area contributed by atoms with Crippen LogP contribution < -0.4 is 0 Å². The average molecular weight is 340 g/mol. The first kappa shape index (κ1) is 16.7. The Balaban J connectivity index is 1.48. The zero-order chi connectivity index (χ0) is 17.5. The Bertz CT molecular complexity index is 853. The van der Waals surface area contributed by atoms with Crippen molar-refractivity contribution in [2.45, 2.75) is 12.8 Å². The van der Waals surface area contributed by atoms with E-state index in [-0.39, 0.29) is 5.82 Å². The minimum Gasteiger partial charge on any atom is -0.463 e. The van der Waals surface area contributed by atoms with Crippen molar-refractivity contribution in [2.24, 2.45) is 0 Å². The highest BCUT2D eigenvalue weighted by atomic mass is 19.1. The smallest absolute Gasteiger partial charge is 0.330 e. The zero-order valence-corrected chi connectivity index (χ0v) is 13.4. The number of aryl methyl sites for hydroxylation is 1. The molecule has 5 nitrogen and oxygen atoms in total. The highest BCUT2D eigenvalue weighted by Crippen LogP contribution is 2.25. The SMILES string of the molecule is O=C(/C=C/c1ccc(-c2ccccc2F)o1)OCCCc1cn[nH]c1. The van der Waals surface area contributed by atoms with Gasteiger partial charge in [-0.15, -0.1) is 0 Å². The molecule has 0 aliphatic heterocycles. The van der Waals surface area contributed by atoms with Crippen LogP contribution in [-0.2, 0) is 16.0 Å². The summed E-state index contributed by atoms with van der Waals surface area (Å²) in [4.78, 5) is 11.7. The monoisotopic (exact) mass is 340 g/mol. The highest BCUT2D eigenvalue weighted by Gasteiger charge is 2.08. The van der Waals surface area contributed by atoms with Crippen molar-refractivity contribution in [3.8, 4) is 11.3 Å². The maximum atomic E-state index is 13.7. The number of nitrogens with zero attached hydrogens (tertiary/aromatic N) is 1. The number of carbonyl (C=O) groups is 1. The molecule has 1 N–H and O–H groups in total. The van der Waals surface area contributed by atoms with Gasteiger partial charge in [-0.3, -0.25) is 5.10 Å². The quantitative estimate of drug-likeness (QED) is 0.401. The number of benzene rings is 1. The number of aromatic amines is 1. The second-order valence-corrected chi connectivity index (χ2v) is 5.39. The lowest BCUT2D eigenvalue weighted by molar-refractivity contribution is -0.137. The normalized spacial score (nSPS) is 11.1. The van der Waals surface area contributed by atoms with E-state index in [1.807, 2.05) is 6.20 Å². The van der Waals surface area contributed by atoms with Crippen molar-refractivity contribution >= 4 is 12.0 Å². The lowest BCUT2D eigenvalue weighted by Crippen LogP contribution is -2.03. The fraction of sp³-hybridized carbons (Fsp3) is 0.158. The van der Waals surface area contributed by atoms with Gasteiger partial charge in [-0.05, 0) is 48.7 Å². The van der Waals surface area contributed by atoms with Gasteiger partial charge in [0.15, 0.2) is 0 Å². The number of H-pyrrole nitrogens is 1. The summed E-state index contributed by atoms with van der Waals surface area (Å²) in [5.41, 5.74) is 1.45. The van der Waals surface area contributed by atoms with Crippen LogP contribution in [0.5, 0.6) is 0 Å². The van der Waals surface area contributed by atoms with Gasteiger partial charge < -0.3 is 9.15 Å². The molecule has 0 atom stereocenters. The summed E-state index contributed by atoms with van der Waals surface area (Å²) in [6.45, 7) is 0.326. The predicted octanol–water partition coefficient (Wildman–Crippen LogP) is 4.00. The minimum atomic E-state index is -0.448. The number of halogens is 1. The van der Waals surface area contributed by atoms with Crippen LogP contribution >= 0.6 is 0 Å². The number of carbonyl (C=O) groups excluding carboxylic acids is 1. The van der Waals surface area contributed by atoms with Crippen molar-refractivity contribution in [3.05, 3.63) is 72.0 Å². The van der Waals surface area contributed by atoms with E-state index in [4.69, 9.17) is 9.15 Å². The molecule has 0 unspecified atom stereocenters. The Hall–Kier alpha value is -3.15. The molecular weight excluding hydrogens is 323 g/mol. The minimum absolute atomic E-state index is 0.326. The van der Waals surface area contributed by atoms with Gasteiger partial charge >= 0.3 is 5.97 Å². The van der Waals surface area contributed by atoms with Crippen LogP contribution in [0.2, 0.25) is 0 Å². The van der Waals surface area contributed by atoms with Gasteiger partial charge in [0.1, 0.15) is 17.3 Å². The molecule has 0 aliphatic rings.